The van der Waals surface area contributed by atoms with Crippen LogP contribution in [0, 0.1) is 5.92 Å². The lowest BCUT2D eigenvalue weighted by molar-refractivity contribution is 0.493. The zero-order valence-corrected chi connectivity index (χ0v) is 20.8. The van der Waals surface area contributed by atoms with Gasteiger partial charge in [-0.3, -0.25) is 4.99 Å². The zero-order chi connectivity index (χ0) is 22.1. The summed E-state index contributed by atoms with van der Waals surface area (Å²) < 4.78 is 2.40. The zero-order valence-electron chi connectivity index (χ0n) is 19.2. The third kappa shape index (κ3) is 7.19. The van der Waals surface area contributed by atoms with Crippen molar-refractivity contribution in [2.75, 3.05) is 25.0 Å². The maximum absolute atomic E-state index is 5.05. The van der Waals surface area contributed by atoms with Crippen molar-refractivity contribution in [1.29, 1.82) is 0 Å². The first kappa shape index (κ1) is 24.0. The lowest BCUT2D eigenvalue weighted by Gasteiger charge is -2.18. The number of hydrogen-bond donors (Lipinski definition) is 1. The Kier molecular flexibility index (Phi) is 9.62. The summed E-state index contributed by atoms with van der Waals surface area (Å²) >= 11 is 3.52. The van der Waals surface area contributed by atoms with Crippen molar-refractivity contribution in [2.24, 2.45) is 10.9 Å². The van der Waals surface area contributed by atoms with Crippen LogP contribution in [0.2, 0.25) is 0 Å². The highest BCUT2D eigenvalue weighted by atomic mass is 32.2. The molecule has 31 heavy (non-hydrogen) atoms. The minimum absolute atomic E-state index is 0.705. The number of aliphatic imine (C=N–C) groups is 1. The molecule has 1 N–H and O–H groups in total. The summed E-state index contributed by atoms with van der Waals surface area (Å²) in [5.74, 6) is 0.705. The van der Waals surface area contributed by atoms with E-state index in [0.717, 1.165) is 48.2 Å². The fourth-order valence-electron chi connectivity index (χ4n) is 3.83. The quantitative estimate of drug-likeness (QED) is 0.274. The van der Waals surface area contributed by atoms with E-state index in [0.29, 0.717) is 5.92 Å². The Bertz CT molecular complexity index is 851. The van der Waals surface area contributed by atoms with Crippen LogP contribution in [0.15, 0.2) is 52.6 Å². The molecule has 1 heterocycles. The van der Waals surface area contributed by atoms with Gasteiger partial charge in [-0.05, 0) is 55.7 Å². The Hall–Kier alpha value is -1.63. The summed E-state index contributed by atoms with van der Waals surface area (Å²) in [5.41, 5.74) is 2.90. The molecule has 0 unspecified atom stereocenters. The smallest absolute Gasteiger partial charge is 0.187 e. The number of benzene rings is 1. The van der Waals surface area contributed by atoms with Gasteiger partial charge in [-0.1, -0.05) is 52.3 Å². The van der Waals surface area contributed by atoms with Crippen molar-refractivity contribution < 1.29 is 0 Å². The maximum atomic E-state index is 5.05. The fourth-order valence-corrected chi connectivity index (χ4v) is 5.57. The molecule has 1 saturated carbocycles. The van der Waals surface area contributed by atoms with Crippen LogP contribution in [0.3, 0.4) is 0 Å². The molecule has 3 rings (SSSR count). The van der Waals surface area contributed by atoms with Gasteiger partial charge in [-0.2, -0.15) is 0 Å². The molecular formula is C25H36N4S2. The van der Waals surface area contributed by atoms with Gasteiger partial charge in [0, 0.05) is 41.2 Å². The van der Waals surface area contributed by atoms with Gasteiger partial charge in [0.15, 0.2) is 5.13 Å². The fraction of sp³-hybridized carbons (Fsp3) is 0.520. The molecule has 1 aliphatic rings. The molecule has 168 valence electrons. The molecule has 0 amide bonds. The highest BCUT2D eigenvalue weighted by Crippen LogP contribution is 2.27. The molecule has 1 aromatic heterocycles. The standard InChI is InChI=1S/C25H36N4S2/c1-5-16-29(7-3)31-23-14-12-21(13-15-23)24(26-17-20-10-8-9-11-20)19(4)28-25-27-18-22(6-2)30-25/h12-15,18,20H,4-11,16-17H2,1-3H3,(H,27,28). The predicted molar refractivity (Wildman–Crippen MR) is 137 cm³/mol. The van der Waals surface area contributed by atoms with Gasteiger partial charge < -0.3 is 5.32 Å². The predicted octanol–water partition coefficient (Wildman–Crippen LogP) is 7.05. The number of rotatable bonds is 12. The summed E-state index contributed by atoms with van der Waals surface area (Å²) in [5, 5.41) is 4.30. The minimum Gasteiger partial charge on any atom is -0.330 e. The van der Waals surface area contributed by atoms with E-state index in [1.54, 1.807) is 11.3 Å². The summed E-state index contributed by atoms with van der Waals surface area (Å²) in [7, 11) is 0. The van der Waals surface area contributed by atoms with Crippen LogP contribution < -0.4 is 5.32 Å². The number of nitrogens with zero attached hydrogens (tertiary/aromatic N) is 3. The Morgan fingerprint density at radius 3 is 2.58 bits per heavy atom. The molecule has 1 aromatic carbocycles. The van der Waals surface area contributed by atoms with E-state index < -0.39 is 0 Å². The van der Waals surface area contributed by atoms with Gasteiger partial charge in [-0.25, -0.2) is 9.29 Å². The third-order valence-corrected chi connectivity index (χ3v) is 7.86. The molecule has 0 bridgehead atoms. The summed E-state index contributed by atoms with van der Waals surface area (Å²) in [6.07, 6.45) is 9.37. The second kappa shape index (κ2) is 12.4. The van der Waals surface area contributed by atoms with E-state index in [2.05, 4.69) is 66.2 Å². The van der Waals surface area contributed by atoms with Gasteiger partial charge in [0.2, 0.25) is 0 Å². The van der Waals surface area contributed by atoms with Crippen molar-refractivity contribution in [3.8, 4) is 0 Å². The van der Waals surface area contributed by atoms with Crippen LogP contribution in [0.25, 0.3) is 0 Å². The number of nitrogens with one attached hydrogen (secondary N) is 1. The molecular weight excluding hydrogens is 420 g/mol. The molecule has 6 heteroatoms. The molecule has 0 aliphatic heterocycles. The average Bonchev–Trinajstić information content (AvgIpc) is 3.46. The second-order valence-corrected chi connectivity index (χ2v) is 10.4. The highest BCUT2D eigenvalue weighted by molar-refractivity contribution is 7.97. The first-order chi connectivity index (χ1) is 15.1. The Morgan fingerprint density at radius 1 is 1.23 bits per heavy atom. The van der Waals surface area contributed by atoms with E-state index >= 15 is 0 Å². The van der Waals surface area contributed by atoms with E-state index in [1.807, 2.05) is 18.1 Å². The number of hydrogen-bond acceptors (Lipinski definition) is 6. The first-order valence-corrected chi connectivity index (χ1v) is 13.2. The number of thiazole rings is 1. The van der Waals surface area contributed by atoms with Crippen molar-refractivity contribution in [3.05, 3.63) is 53.2 Å². The second-order valence-electron chi connectivity index (χ2n) is 8.07. The molecule has 4 nitrogen and oxygen atoms in total. The first-order valence-electron chi connectivity index (χ1n) is 11.6. The van der Waals surface area contributed by atoms with Crippen LogP contribution in [0.1, 0.15) is 63.3 Å². The van der Waals surface area contributed by atoms with E-state index in [-0.39, 0.29) is 0 Å². The van der Waals surface area contributed by atoms with E-state index in [9.17, 15) is 0 Å². The molecule has 2 aromatic rings. The monoisotopic (exact) mass is 456 g/mol. The van der Waals surface area contributed by atoms with Crippen molar-refractivity contribution in [3.63, 3.8) is 0 Å². The Labute approximate surface area is 196 Å². The topological polar surface area (TPSA) is 40.5 Å². The Morgan fingerprint density at radius 2 is 1.97 bits per heavy atom. The van der Waals surface area contributed by atoms with Gasteiger partial charge in [-0.15, -0.1) is 11.3 Å². The van der Waals surface area contributed by atoms with Crippen LogP contribution in [0.5, 0.6) is 0 Å². The molecule has 1 aliphatic carbocycles. The van der Waals surface area contributed by atoms with Crippen LogP contribution in [0.4, 0.5) is 5.13 Å². The van der Waals surface area contributed by atoms with Crippen molar-refractivity contribution in [1.82, 2.24) is 9.29 Å². The number of aryl methyl sites for hydroxylation is 1. The maximum Gasteiger partial charge on any atom is 0.187 e. The Balaban J connectivity index is 1.76. The molecule has 0 spiro atoms. The largest absolute Gasteiger partial charge is 0.330 e. The normalized spacial score (nSPS) is 15.0. The summed E-state index contributed by atoms with van der Waals surface area (Å²) in [4.78, 5) is 12.1. The van der Waals surface area contributed by atoms with Crippen molar-refractivity contribution >= 4 is 34.1 Å². The van der Waals surface area contributed by atoms with Gasteiger partial charge in [0.25, 0.3) is 0 Å². The number of aromatic nitrogens is 1. The van der Waals surface area contributed by atoms with E-state index in [4.69, 9.17) is 4.99 Å². The lowest BCUT2D eigenvalue weighted by atomic mass is 10.1. The van der Waals surface area contributed by atoms with Gasteiger partial charge in [0.05, 0.1) is 11.4 Å². The summed E-state index contributed by atoms with van der Waals surface area (Å²) in [6, 6.07) is 8.77. The molecule has 1 fully saturated rings. The SMILES string of the molecule is C=C(Nc1ncc(CC)s1)C(=NCC1CCCC1)c1ccc(SN(CC)CCC)cc1. The molecule has 0 atom stereocenters. The van der Waals surface area contributed by atoms with Crippen LogP contribution >= 0.6 is 23.3 Å². The highest BCUT2D eigenvalue weighted by Gasteiger charge is 2.16. The van der Waals surface area contributed by atoms with Crippen LogP contribution in [-0.2, 0) is 6.42 Å². The summed E-state index contributed by atoms with van der Waals surface area (Å²) in [6.45, 7) is 13.9. The molecule has 0 saturated heterocycles. The van der Waals surface area contributed by atoms with Gasteiger partial charge >= 0.3 is 0 Å². The lowest BCUT2D eigenvalue weighted by Crippen LogP contribution is -2.16. The average molecular weight is 457 g/mol. The van der Waals surface area contributed by atoms with Gasteiger partial charge in [0.1, 0.15) is 0 Å². The van der Waals surface area contributed by atoms with Crippen molar-refractivity contribution in [2.45, 2.75) is 64.2 Å². The number of allylic oxidation sites excluding steroid dienone is 1. The number of anilines is 1. The van der Waals surface area contributed by atoms with Crippen LogP contribution in [-0.4, -0.2) is 34.6 Å². The minimum atomic E-state index is 0.705. The third-order valence-electron chi connectivity index (χ3n) is 5.62. The van der Waals surface area contributed by atoms with E-state index in [1.165, 1.54) is 41.9 Å². The molecule has 0 radical (unpaired) electrons.